The summed E-state index contributed by atoms with van der Waals surface area (Å²) in [7, 11) is 8.28. The second-order valence-corrected chi connectivity index (χ2v) is 9.53. The van der Waals surface area contributed by atoms with E-state index >= 15 is 0 Å². The Hall–Kier alpha value is -2.04. The first kappa shape index (κ1) is 22.6. The molecule has 0 radical (unpaired) electrons. The number of nitrogens with zero attached hydrogens (tertiary/aromatic N) is 2. The standard InChI is InChI=1S/C26H39N3O/c1-8-17-26(30)18(2)24(20-9-13-22(14-10-20)28(4)5)27-25(19(26)3)21-11-15-23(16-12-21)29(6)7/h9-16,18-19,24-25,27,30H,8,17H2,1-7H3/p+1/t18-,19+,24-,25+,26?. The SMILES string of the molecule is CCCC1(O)[C@H](C)[C@H](c2ccc(N(C)C)cc2)[NH2+][C@H](c2ccc(N(C)C)cc2)[C@@H]1C. The van der Waals surface area contributed by atoms with Gasteiger partial charge in [0.15, 0.2) is 0 Å². The number of nitrogens with two attached hydrogens (primary N) is 1. The molecule has 4 heteroatoms. The lowest BCUT2D eigenvalue weighted by Crippen LogP contribution is -2.93. The number of hydrogen-bond donors (Lipinski definition) is 2. The largest absolute Gasteiger partial charge is 0.389 e. The van der Waals surface area contributed by atoms with Crippen LogP contribution in [0.25, 0.3) is 0 Å². The molecule has 0 bridgehead atoms. The van der Waals surface area contributed by atoms with Crippen molar-refractivity contribution in [1.29, 1.82) is 0 Å². The minimum absolute atomic E-state index is 0.176. The number of rotatable bonds is 6. The van der Waals surface area contributed by atoms with Crippen LogP contribution in [0.5, 0.6) is 0 Å². The summed E-state index contributed by atoms with van der Waals surface area (Å²) >= 11 is 0. The summed E-state index contributed by atoms with van der Waals surface area (Å²) in [6.07, 6.45) is 1.82. The molecule has 3 N–H and O–H groups in total. The summed E-state index contributed by atoms with van der Waals surface area (Å²) in [5.74, 6) is 0.352. The molecule has 1 fully saturated rings. The summed E-state index contributed by atoms with van der Waals surface area (Å²) in [5.41, 5.74) is 4.32. The van der Waals surface area contributed by atoms with Gasteiger partial charge < -0.3 is 20.2 Å². The average molecular weight is 411 g/mol. The quantitative estimate of drug-likeness (QED) is 0.757. The third-order valence-corrected chi connectivity index (χ3v) is 7.31. The van der Waals surface area contributed by atoms with Crippen LogP contribution in [0.15, 0.2) is 48.5 Å². The highest BCUT2D eigenvalue weighted by Gasteiger charge is 2.53. The van der Waals surface area contributed by atoms with E-state index in [1.807, 2.05) is 0 Å². The van der Waals surface area contributed by atoms with Crippen molar-refractivity contribution in [1.82, 2.24) is 0 Å². The fourth-order valence-corrected chi connectivity index (χ4v) is 5.24. The molecule has 2 aromatic carbocycles. The Morgan fingerprint density at radius 2 is 1.13 bits per heavy atom. The van der Waals surface area contributed by atoms with Gasteiger partial charge in [-0.25, -0.2) is 0 Å². The molecule has 0 saturated carbocycles. The van der Waals surface area contributed by atoms with Crippen molar-refractivity contribution in [2.24, 2.45) is 11.8 Å². The summed E-state index contributed by atoms with van der Waals surface area (Å²) in [6, 6.07) is 18.2. The lowest BCUT2D eigenvalue weighted by Gasteiger charge is -2.49. The normalized spacial score (nSPS) is 28.9. The molecule has 1 unspecified atom stereocenters. The molecule has 1 heterocycles. The molecule has 30 heavy (non-hydrogen) atoms. The first-order chi connectivity index (χ1) is 14.2. The predicted molar refractivity (Wildman–Crippen MR) is 127 cm³/mol. The predicted octanol–water partition coefficient (Wildman–Crippen LogP) is 3.98. The molecule has 0 amide bonds. The molecule has 0 spiro atoms. The maximum atomic E-state index is 11.9. The van der Waals surface area contributed by atoms with E-state index < -0.39 is 5.60 Å². The van der Waals surface area contributed by atoms with E-state index in [9.17, 15) is 5.11 Å². The summed E-state index contributed by atoms with van der Waals surface area (Å²) in [5, 5.41) is 14.4. The van der Waals surface area contributed by atoms with E-state index in [2.05, 4.69) is 113 Å². The Labute approximate surface area is 182 Å². The molecule has 4 nitrogen and oxygen atoms in total. The van der Waals surface area contributed by atoms with Gasteiger partial charge in [0, 0.05) is 62.5 Å². The summed E-state index contributed by atoms with van der Waals surface area (Å²) in [4.78, 5) is 4.25. The molecule has 1 saturated heterocycles. The topological polar surface area (TPSA) is 43.3 Å². The van der Waals surface area contributed by atoms with Crippen LogP contribution < -0.4 is 15.1 Å². The maximum Gasteiger partial charge on any atom is 0.117 e. The number of aliphatic hydroxyl groups is 1. The number of benzene rings is 2. The van der Waals surface area contributed by atoms with Crippen LogP contribution in [0.1, 0.15) is 56.8 Å². The zero-order valence-corrected chi connectivity index (χ0v) is 19.8. The molecule has 0 aromatic heterocycles. The van der Waals surface area contributed by atoms with Gasteiger partial charge in [-0.05, 0) is 30.7 Å². The second-order valence-electron chi connectivity index (χ2n) is 9.53. The molecule has 2 aromatic rings. The van der Waals surface area contributed by atoms with Crippen LogP contribution in [0.3, 0.4) is 0 Å². The molecular weight excluding hydrogens is 370 g/mol. The molecule has 0 aliphatic carbocycles. The van der Waals surface area contributed by atoms with Crippen molar-refractivity contribution >= 4 is 11.4 Å². The van der Waals surface area contributed by atoms with E-state index in [0.29, 0.717) is 0 Å². The monoisotopic (exact) mass is 410 g/mol. The van der Waals surface area contributed by atoms with E-state index in [-0.39, 0.29) is 23.9 Å². The van der Waals surface area contributed by atoms with Crippen LogP contribution in [0, 0.1) is 11.8 Å². The highest BCUT2D eigenvalue weighted by Crippen LogP contribution is 2.45. The van der Waals surface area contributed by atoms with Crippen molar-refractivity contribution in [3.05, 3.63) is 59.7 Å². The van der Waals surface area contributed by atoms with E-state index in [4.69, 9.17) is 0 Å². The molecular formula is C26H40N3O+. The lowest BCUT2D eigenvalue weighted by molar-refractivity contribution is -0.764. The van der Waals surface area contributed by atoms with Crippen molar-refractivity contribution in [3.8, 4) is 0 Å². The average Bonchev–Trinajstić information content (AvgIpc) is 2.73. The van der Waals surface area contributed by atoms with Crippen molar-refractivity contribution < 1.29 is 10.4 Å². The fourth-order valence-electron chi connectivity index (χ4n) is 5.24. The lowest BCUT2D eigenvalue weighted by atomic mass is 9.64. The van der Waals surface area contributed by atoms with Gasteiger partial charge in [0.1, 0.15) is 12.1 Å². The van der Waals surface area contributed by atoms with Gasteiger partial charge in [0.25, 0.3) is 0 Å². The minimum Gasteiger partial charge on any atom is -0.389 e. The van der Waals surface area contributed by atoms with Crippen LogP contribution in [0.2, 0.25) is 0 Å². The summed E-state index contributed by atoms with van der Waals surface area (Å²) < 4.78 is 0. The Morgan fingerprint density at radius 1 is 0.767 bits per heavy atom. The zero-order valence-electron chi connectivity index (χ0n) is 19.8. The Bertz CT molecular complexity index is 750. The van der Waals surface area contributed by atoms with Crippen LogP contribution >= 0.6 is 0 Å². The van der Waals surface area contributed by atoms with Gasteiger partial charge >= 0.3 is 0 Å². The van der Waals surface area contributed by atoms with E-state index in [1.165, 1.54) is 22.5 Å². The molecule has 3 rings (SSSR count). The fraction of sp³-hybridized carbons (Fsp3) is 0.538. The molecule has 5 atom stereocenters. The highest BCUT2D eigenvalue weighted by atomic mass is 16.3. The van der Waals surface area contributed by atoms with Gasteiger partial charge in [-0.2, -0.15) is 0 Å². The molecule has 164 valence electrons. The van der Waals surface area contributed by atoms with Crippen LogP contribution in [0.4, 0.5) is 11.4 Å². The maximum absolute atomic E-state index is 11.9. The van der Waals surface area contributed by atoms with Gasteiger partial charge in [-0.15, -0.1) is 0 Å². The van der Waals surface area contributed by atoms with Crippen molar-refractivity contribution in [3.63, 3.8) is 0 Å². The number of hydrogen-bond acceptors (Lipinski definition) is 3. The Morgan fingerprint density at radius 3 is 1.43 bits per heavy atom. The van der Waals surface area contributed by atoms with E-state index in [0.717, 1.165) is 12.8 Å². The minimum atomic E-state index is -0.681. The molecule has 1 aliphatic heterocycles. The number of anilines is 2. The first-order valence-corrected chi connectivity index (χ1v) is 11.3. The number of piperidine rings is 1. The number of quaternary nitrogens is 1. The Kier molecular flexibility index (Phi) is 6.78. The smallest absolute Gasteiger partial charge is 0.117 e. The third-order valence-electron chi connectivity index (χ3n) is 7.31. The van der Waals surface area contributed by atoms with Gasteiger partial charge in [-0.3, -0.25) is 0 Å². The van der Waals surface area contributed by atoms with Gasteiger partial charge in [-0.1, -0.05) is 51.5 Å². The van der Waals surface area contributed by atoms with Crippen LogP contribution in [-0.4, -0.2) is 38.9 Å². The second kappa shape index (κ2) is 8.99. The van der Waals surface area contributed by atoms with Gasteiger partial charge in [0.05, 0.1) is 5.60 Å². The van der Waals surface area contributed by atoms with Gasteiger partial charge in [0.2, 0.25) is 0 Å². The first-order valence-electron chi connectivity index (χ1n) is 11.3. The third kappa shape index (κ3) is 4.21. The highest BCUT2D eigenvalue weighted by molar-refractivity contribution is 5.47. The summed E-state index contributed by atoms with van der Waals surface area (Å²) in [6.45, 7) is 6.65. The Balaban J connectivity index is 1.98. The van der Waals surface area contributed by atoms with E-state index in [1.54, 1.807) is 0 Å². The van der Waals surface area contributed by atoms with Crippen LogP contribution in [-0.2, 0) is 0 Å². The van der Waals surface area contributed by atoms with Crippen molar-refractivity contribution in [2.45, 2.75) is 51.3 Å². The van der Waals surface area contributed by atoms with Crippen molar-refractivity contribution in [2.75, 3.05) is 38.0 Å². The molecule has 1 aliphatic rings. The zero-order chi connectivity index (χ0) is 22.1.